The molecule has 0 aliphatic rings. The van der Waals surface area contributed by atoms with Crippen molar-refractivity contribution in [2.24, 2.45) is 0 Å². The molecule has 7 heteroatoms. The van der Waals surface area contributed by atoms with Crippen molar-refractivity contribution in [3.63, 3.8) is 0 Å². The summed E-state index contributed by atoms with van der Waals surface area (Å²) in [5, 5.41) is 10.5. The summed E-state index contributed by atoms with van der Waals surface area (Å²) in [6.07, 6.45) is 0. The third-order valence-corrected chi connectivity index (χ3v) is 4.00. The van der Waals surface area contributed by atoms with Crippen LogP contribution in [0.2, 0.25) is 0 Å². The van der Waals surface area contributed by atoms with Crippen LogP contribution in [0.5, 0.6) is 28.7 Å². The Morgan fingerprint density at radius 1 is 0.885 bits per heavy atom. The highest BCUT2D eigenvalue weighted by Gasteiger charge is 2.21. The summed E-state index contributed by atoms with van der Waals surface area (Å²) < 4.78 is 26.7. The van der Waals surface area contributed by atoms with E-state index in [-0.39, 0.29) is 34.2 Å². The lowest BCUT2D eigenvalue weighted by atomic mass is 10.1. The fourth-order valence-corrected chi connectivity index (χ4v) is 2.68. The molecule has 3 rings (SSSR count). The van der Waals surface area contributed by atoms with Crippen molar-refractivity contribution in [1.29, 1.82) is 0 Å². The van der Waals surface area contributed by atoms with Gasteiger partial charge in [-0.15, -0.1) is 0 Å². The molecule has 1 heterocycles. The highest BCUT2D eigenvalue weighted by Crippen LogP contribution is 2.42. The molecule has 7 nitrogen and oxygen atoms in total. The Morgan fingerprint density at radius 3 is 2.08 bits per heavy atom. The lowest BCUT2D eigenvalue weighted by Crippen LogP contribution is -2.07. The van der Waals surface area contributed by atoms with Crippen molar-refractivity contribution in [3.8, 4) is 40.1 Å². The SMILES string of the molecule is COc1ccc2c(=O)c(OC)c(-c3cc(OC)c(O)c(OC)c3)oc2c1. The first-order chi connectivity index (χ1) is 12.5. The van der Waals surface area contributed by atoms with E-state index in [4.69, 9.17) is 23.4 Å². The van der Waals surface area contributed by atoms with E-state index < -0.39 is 0 Å². The molecule has 0 fully saturated rings. The quantitative estimate of drug-likeness (QED) is 0.749. The number of hydrogen-bond acceptors (Lipinski definition) is 7. The first-order valence-corrected chi connectivity index (χ1v) is 7.68. The third-order valence-electron chi connectivity index (χ3n) is 4.00. The maximum atomic E-state index is 12.8. The van der Waals surface area contributed by atoms with Crippen LogP contribution in [0.4, 0.5) is 0 Å². The van der Waals surface area contributed by atoms with Gasteiger partial charge in [0.15, 0.2) is 17.3 Å². The van der Waals surface area contributed by atoms with E-state index in [1.54, 1.807) is 18.2 Å². The predicted octanol–water partition coefficient (Wildman–Crippen LogP) is 3.20. The molecule has 0 aliphatic heterocycles. The van der Waals surface area contributed by atoms with Gasteiger partial charge in [-0.05, 0) is 24.3 Å². The molecule has 0 amide bonds. The molecule has 0 atom stereocenters. The highest BCUT2D eigenvalue weighted by atomic mass is 16.5. The van der Waals surface area contributed by atoms with Gasteiger partial charge in [0, 0.05) is 11.6 Å². The molecule has 136 valence electrons. The van der Waals surface area contributed by atoms with E-state index in [0.717, 1.165) is 0 Å². The maximum Gasteiger partial charge on any atom is 0.235 e. The molecule has 0 radical (unpaired) electrons. The first kappa shape index (κ1) is 17.5. The van der Waals surface area contributed by atoms with Crippen LogP contribution in [0.1, 0.15) is 0 Å². The number of hydrogen-bond donors (Lipinski definition) is 1. The zero-order valence-electron chi connectivity index (χ0n) is 14.8. The number of fused-ring (bicyclic) bond motifs is 1. The van der Waals surface area contributed by atoms with Crippen molar-refractivity contribution in [1.82, 2.24) is 0 Å². The van der Waals surface area contributed by atoms with Gasteiger partial charge in [0.2, 0.25) is 16.9 Å². The van der Waals surface area contributed by atoms with Crippen molar-refractivity contribution < 1.29 is 28.5 Å². The van der Waals surface area contributed by atoms with E-state index >= 15 is 0 Å². The summed E-state index contributed by atoms with van der Waals surface area (Å²) in [6, 6.07) is 7.97. The molecular weight excluding hydrogens is 340 g/mol. The van der Waals surface area contributed by atoms with Crippen molar-refractivity contribution in [3.05, 3.63) is 40.6 Å². The molecule has 1 N–H and O–H groups in total. The Labute approximate surface area is 149 Å². The van der Waals surface area contributed by atoms with Gasteiger partial charge in [-0.3, -0.25) is 4.79 Å². The third kappa shape index (κ3) is 2.77. The Bertz CT molecular complexity index is 995. The fraction of sp³-hybridized carbons (Fsp3) is 0.211. The Morgan fingerprint density at radius 2 is 1.54 bits per heavy atom. The molecular formula is C19H18O7. The number of rotatable bonds is 5. The minimum atomic E-state index is -0.322. The second-order valence-electron chi connectivity index (χ2n) is 5.39. The maximum absolute atomic E-state index is 12.8. The molecule has 3 aromatic rings. The predicted molar refractivity (Wildman–Crippen MR) is 95.8 cm³/mol. The zero-order chi connectivity index (χ0) is 18.8. The topological polar surface area (TPSA) is 87.4 Å². The van der Waals surface area contributed by atoms with Gasteiger partial charge in [-0.25, -0.2) is 0 Å². The molecule has 2 aromatic carbocycles. The second kappa shape index (κ2) is 6.87. The van der Waals surface area contributed by atoms with Gasteiger partial charge in [0.05, 0.1) is 33.8 Å². The number of aromatic hydroxyl groups is 1. The number of methoxy groups -OCH3 is 4. The first-order valence-electron chi connectivity index (χ1n) is 7.68. The monoisotopic (exact) mass is 358 g/mol. The van der Waals surface area contributed by atoms with E-state index in [1.807, 2.05) is 0 Å². The number of phenolic OH excluding ortho intramolecular Hbond substituents is 1. The summed E-state index contributed by atoms with van der Waals surface area (Å²) in [5.74, 6) is 0.983. The van der Waals surface area contributed by atoms with Crippen LogP contribution in [-0.2, 0) is 0 Å². The summed E-state index contributed by atoms with van der Waals surface area (Å²) >= 11 is 0. The van der Waals surface area contributed by atoms with E-state index in [1.165, 1.54) is 40.6 Å². The van der Waals surface area contributed by atoms with E-state index in [9.17, 15) is 9.90 Å². The van der Waals surface area contributed by atoms with Crippen molar-refractivity contribution in [2.45, 2.75) is 0 Å². The van der Waals surface area contributed by atoms with Gasteiger partial charge < -0.3 is 28.5 Å². The molecule has 0 aliphatic carbocycles. The molecule has 0 saturated heterocycles. The molecule has 0 spiro atoms. The largest absolute Gasteiger partial charge is 0.502 e. The van der Waals surface area contributed by atoms with Crippen molar-refractivity contribution >= 4 is 11.0 Å². The van der Waals surface area contributed by atoms with E-state index in [2.05, 4.69) is 0 Å². The molecule has 0 saturated carbocycles. The average Bonchev–Trinajstić information content (AvgIpc) is 2.67. The Kier molecular flexibility index (Phi) is 4.62. The zero-order valence-corrected chi connectivity index (χ0v) is 14.8. The van der Waals surface area contributed by atoms with Crippen LogP contribution in [0.25, 0.3) is 22.3 Å². The lowest BCUT2D eigenvalue weighted by Gasteiger charge is -2.13. The van der Waals surface area contributed by atoms with Crippen LogP contribution in [-0.4, -0.2) is 33.5 Å². The van der Waals surface area contributed by atoms with Gasteiger partial charge in [-0.1, -0.05) is 0 Å². The molecule has 0 bridgehead atoms. The second-order valence-corrected chi connectivity index (χ2v) is 5.39. The number of phenols is 1. The smallest absolute Gasteiger partial charge is 0.235 e. The lowest BCUT2D eigenvalue weighted by molar-refractivity contribution is 0.340. The van der Waals surface area contributed by atoms with Gasteiger partial charge >= 0.3 is 0 Å². The van der Waals surface area contributed by atoms with Crippen LogP contribution < -0.4 is 24.4 Å². The standard InChI is InChI=1S/C19H18O7/c1-22-11-5-6-12-13(9-11)26-18(19(25-4)16(12)20)10-7-14(23-2)17(21)15(8-10)24-3/h5-9,21H,1-4H3. The molecule has 0 unspecified atom stereocenters. The summed E-state index contributed by atoms with van der Waals surface area (Å²) in [6.45, 7) is 0. The van der Waals surface area contributed by atoms with Crippen LogP contribution in [0.3, 0.4) is 0 Å². The summed E-state index contributed by atoms with van der Waals surface area (Å²) in [7, 11) is 5.74. The Balaban J connectivity index is 2.35. The van der Waals surface area contributed by atoms with Gasteiger partial charge in [0.1, 0.15) is 11.3 Å². The summed E-state index contributed by atoms with van der Waals surface area (Å²) in [4.78, 5) is 12.8. The molecule has 1 aromatic heterocycles. The van der Waals surface area contributed by atoms with E-state index in [0.29, 0.717) is 22.3 Å². The number of benzene rings is 2. The summed E-state index contributed by atoms with van der Waals surface area (Å²) in [5.41, 5.74) is 0.476. The number of ether oxygens (including phenoxy) is 4. The average molecular weight is 358 g/mol. The van der Waals surface area contributed by atoms with Crippen LogP contribution in [0.15, 0.2) is 39.5 Å². The minimum absolute atomic E-state index is 0.0393. The normalized spacial score (nSPS) is 10.6. The molecule has 26 heavy (non-hydrogen) atoms. The van der Waals surface area contributed by atoms with Crippen molar-refractivity contribution in [2.75, 3.05) is 28.4 Å². The fourth-order valence-electron chi connectivity index (χ4n) is 2.68. The highest BCUT2D eigenvalue weighted by molar-refractivity contribution is 5.83. The van der Waals surface area contributed by atoms with Crippen LogP contribution in [0, 0.1) is 0 Å². The van der Waals surface area contributed by atoms with Gasteiger partial charge in [-0.2, -0.15) is 0 Å². The van der Waals surface area contributed by atoms with Gasteiger partial charge in [0.25, 0.3) is 0 Å². The minimum Gasteiger partial charge on any atom is -0.502 e. The van der Waals surface area contributed by atoms with Crippen LogP contribution >= 0.6 is 0 Å². The Hall–Kier alpha value is -3.35.